The summed E-state index contributed by atoms with van der Waals surface area (Å²) in [6, 6.07) is 66.8. The molecule has 0 fully saturated rings. The van der Waals surface area contributed by atoms with E-state index in [1.165, 1.54) is 91.1 Å². The van der Waals surface area contributed by atoms with E-state index in [0.717, 1.165) is 27.5 Å². The minimum Gasteiger partial charge on any atom is -0.456 e. The van der Waals surface area contributed by atoms with Crippen molar-refractivity contribution < 1.29 is 4.42 Å². The molecule has 0 N–H and O–H groups in total. The lowest BCUT2D eigenvalue weighted by Crippen LogP contribution is -1.94. The van der Waals surface area contributed by atoms with Gasteiger partial charge in [0.15, 0.2) is 0 Å². The first-order valence-electron chi connectivity index (χ1n) is 18.5. The van der Waals surface area contributed by atoms with Crippen molar-refractivity contribution in [2.24, 2.45) is 0 Å². The van der Waals surface area contributed by atoms with Crippen LogP contribution in [0.25, 0.3) is 119 Å². The molecule has 0 amide bonds. The van der Waals surface area contributed by atoms with E-state index in [4.69, 9.17) is 4.42 Å². The van der Waals surface area contributed by atoms with Crippen molar-refractivity contribution in [2.75, 3.05) is 0 Å². The zero-order chi connectivity index (χ0) is 35.3. The first-order chi connectivity index (χ1) is 26.8. The Morgan fingerprint density at radius 1 is 0.259 bits per heavy atom. The van der Waals surface area contributed by atoms with Gasteiger partial charge < -0.3 is 4.42 Å². The highest BCUT2D eigenvalue weighted by Gasteiger charge is 2.23. The lowest BCUT2D eigenvalue weighted by Gasteiger charge is -2.22. The van der Waals surface area contributed by atoms with Crippen LogP contribution in [-0.4, -0.2) is 0 Å². The SMILES string of the molecule is c1ccc2c(c1)oc1cc(-c3c4ccccc4c(-c4c5ccccc5c(-c5ccc6c(c5)sc5ccccc56)c5ccccc45)c4ccccc34)ccc12. The summed E-state index contributed by atoms with van der Waals surface area (Å²) in [4.78, 5) is 0. The maximum absolute atomic E-state index is 6.42. The summed E-state index contributed by atoms with van der Waals surface area (Å²) in [7, 11) is 0. The Morgan fingerprint density at radius 3 is 1.17 bits per heavy atom. The zero-order valence-corrected chi connectivity index (χ0v) is 30.0. The van der Waals surface area contributed by atoms with Gasteiger partial charge in [-0.15, -0.1) is 11.3 Å². The number of hydrogen-bond acceptors (Lipinski definition) is 2. The summed E-state index contributed by atoms with van der Waals surface area (Å²) in [6.07, 6.45) is 0. The molecule has 10 aromatic carbocycles. The van der Waals surface area contributed by atoms with E-state index in [1.807, 2.05) is 17.4 Å². The lowest BCUT2D eigenvalue weighted by atomic mass is 9.81. The summed E-state index contributed by atoms with van der Waals surface area (Å²) >= 11 is 1.88. The van der Waals surface area contributed by atoms with E-state index in [-0.39, 0.29) is 0 Å². The highest BCUT2D eigenvalue weighted by atomic mass is 32.1. The van der Waals surface area contributed by atoms with Gasteiger partial charge in [-0.1, -0.05) is 152 Å². The van der Waals surface area contributed by atoms with Gasteiger partial charge in [-0.05, 0) is 107 Å². The number of rotatable bonds is 3. The van der Waals surface area contributed by atoms with Gasteiger partial charge in [0.05, 0.1) is 0 Å². The number of fused-ring (bicyclic) bond motifs is 10. The molecule has 0 aliphatic carbocycles. The van der Waals surface area contributed by atoms with Crippen molar-refractivity contribution in [3.63, 3.8) is 0 Å². The van der Waals surface area contributed by atoms with Crippen LogP contribution in [-0.2, 0) is 0 Å². The number of furan rings is 1. The van der Waals surface area contributed by atoms with Crippen molar-refractivity contribution in [3.05, 3.63) is 182 Å². The quantitative estimate of drug-likeness (QED) is 0.167. The molecule has 54 heavy (non-hydrogen) atoms. The normalized spacial score (nSPS) is 12.1. The molecule has 1 nitrogen and oxygen atoms in total. The van der Waals surface area contributed by atoms with Crippen molar-refractivity contribution in [3.8, 4) is 33.4 Å². The zero-order valence-electron chi connectivity index (χ0n) is 29.1. The van der Waals surface area contributed by atoms with Crippen LogP contribution in [0.1, 0.15) is 0 Å². The van der Waals surface area contributed by atoms with E-state index < -0.39 is 0 Å². The molecule has 2 heteroatoms. The predicted octanol–water partition coefficient (Wildman–Crippen LogP) is 15.6. The van der Waals surface area contributed by atoms with Crippen LogP contribution >= 0.6 is 11.3 Å². The molecule has 0 unspecified atom stereocenters. The van der Waals surface area contributed by atoms with Crippen LogP contribution < -0.4 is 0 Å². The molecular weight excluding hydrogens is 673 g/mol. The second-order valence-electron chi connectivity index (χ2n) is 14.3. The molecule has 0 radical (unpaired) electrons. The van der Waals surface area contributed by atoms with E-state index in [0.29, 0.717) is 0 Å². The topological polar surface area (TPSA) is 13.1 Å². The third-order valence-electron chi connectivity index (χ3n) is 11.4. The molecule has 12 aromatic rings. The Morgan fingerprint density at radius 2 is 0.630 bits per heavy atom. The van der Waals surface area contributed by atoms with Crippen LogP contribution in [0.5, 0.6) is 0 Å². The van der Waals surface area contributed by atoms with Gasteiger partial charge >= 0.3 is 0 Å². The van der Waals surface area contributed by atoms with Gasteiger partial charge in [-0.25, -0.2) is 0 Å². The van der Waals surface area contributed by atoms with Gasteiger partial charge in [0, 0.05) is 30.9 Å². The molecule has 2 aromatic heterocycles. The van der Waals surface area contributed by atoms with E-state index in [1.54, 1.807) is 0 Å². The van der Waals surface area contributed by atoms with Crippen LogP contribution in [0, 0.1) is 0 Å². The van der Waals surface area contributed by atoms with Gasteiger partial charge in [0.2, 0.25) is 0 Å². The highest BCUT2D eigenvalue weighted by Crippen LogP contribution is 2.51. The Kier molecular flexibility index (Phi) is 6.28. The van der Waals surface area contributed by atoms with Crippen LogP contribution in [0.4, 0.5) is 0 Å². The number of thiophene rings is 1. The molecule has 0 spiro atoms. The van der Waals surface area contributed by atoms with Crippen molar-refractivity contribution in [1.29, 1.82) is 0 Å². The van der Waals surface area contributed by atoms with Crippen LogP contribution in [0.2, 0.25) is 0 Å². The van der Waals surface area contributed by atoms with Crippen molar-refractivity contribution in [1.82, 2.24) is 0 Å². The molecule has 0 aliphatic rings. The largest absolute Gasteiger partial charge is 0.456 e. The van der Waals surface area contributed by atoms with Gasteiger partial charge in [0.25, 0.3) is 0 Å². The fourth-order valence-electron chi connectivity index (χ4n) is 9.18. The fraction of sp³-hybridized carbons (Fsp3) is 0. The smallest absolute Gasteiger partial charge is 0.136 e. The van der Waals surface area contributed by atoms with E-state index in [9.17, 15) is 0 Å². The maximum Gasteiger partial charge on any atom is 0.136 e. The molecule has 0 aliphatic heterocycles. The molecule has 0 atom stereocenters. The lowest BCUT2D eigenvalue weighted by molar-refractivity contribution is 0.669. The molecule has 250 valence electrons. The van der Waals surface area contributed by atoms with E-state index in [2.05, 4.69) is 176 Å². The Hall–Kier alpha value is -6.74. The molecule has 0 saturated heterocycles. The summed E-state index contributed by atoms with van der Waals surface area (Å²) in [5.41, 5.74) is 9.30. The number of benzene rings is 10. The summed E-state index contributed by atoms with van der Waals surface area (Å²) in [5, 5.41) is 14.9. The van der Waals surface area contributed by atoms with Crippen LogP contribution in [0.3, 0.4) is 0 Å². The Balaban J connectivity index is 1.18. The van der Waals surface area contributed by atoms with E-state index >= 15 is 0 Å². The molecular formula is C52H30OS. The highest BCUT2D eigenvalue weighted by molar-refractivity contribution is 7.25. The minimum atomic E-state index is 0.910. The average Bonchev–Trinajstić information content (AvgIpc) is 3.79. The second-order valence-corrected chi connectivity index (χ2v) is 15.4. The number of para-hydroxylation sites is 1. The molecule has 2 heterocycles. The molecule has 0 saturated carbocycles. The van der Waals surface area contributed by atoms with Crippen LogP contribution in [0.15, 0.2) is 186 Å². The second kappa shape index (κ2) is 11.4. The molecule has 0 bridgehead atoms. The Labute approximate surface area is 314 Å². The fourth-order valence-corrected chi connectivity index (χ4v) is 10.3. The Bertz CT molecular complexity index is 3160. The summed E-state index contributed by atoms with van der Waals surface area (Å²) in [6.45, 7) is 0. The monoisotopic (exact) mass is 702 g/mol. The summed E-state index contributed by atoms with van der Waals surface area (Å²) < 4.78 is 9.06. The first-order valence-corrected chi connectivity index (χ1v) is 19.3. The van der Waals surface area contributed by atoms with Crippen molar-refractivity contribution >= 4 is 96.5 Å². The summed E-state index contributed by atoms with van der Waals surface area (Å²) in [5.74, 6) is 0. The third-order valence-corrected chi connectivity index (χ3v) is 12.6. The number of hydrogen-bond donors (Lipinski definition) is 0. The predicted molar refractivity (Wildman–Crippen MR) is 233 cm³/mol. The van der Waals surface area contributed by atoms with Gasteiger partial charge in [-0.3, -0.25) is 0 Å². The standard InChI is InChI=1S/C52H30OS/c1-5-19-41-37(15-1)49(31-25-27-34-33-13-9-11-23-45(33)53-46(34)29-31)38-16-2-6-20-42(38)51(41)52-43-21-7-3-17-39(43)50(40-18-4-8-22-44(40)52)32-26-28-36-35-14-10-12-24-47(35)54-48(36)30-32/h1-30H. The third kappa shape index (κ3) is 4.20. The molecule has 12 rings (SSSR count). The van der Waals surface area contributed by atoms with Gasteiger partial charge in [-0.2, -0.15) is 0 Å². The average molecular weight is 703 g/mol. The minimum absolute atomic E-state index is 0.910. The maximum atomic E-state index is 6.42. The van der Waals surface area contributed by atoms with Crippen molar-refractivity contribution in [2.45, 2.75) is 0 Å². The van der Waals surface area contributed by atoms with Gasteiger partial charge in [0.1, 0.15) is 11.2 Å². The first kappa shape index (κ1) is 29.8.